The summed E-state index contributed by atoms with van der Waals surface area (Å²) in [6, 6.07) is 12.7. The van der Waals surface area contributed by atoms with E-state index in [-0.39, 0.29) is 18.1 Å². The molecule has 0 atom stereocenters. The summed E-state index contributed by atoms with van der Waals surface area (Å²) in [5.74, 6) is 0.261. The lowest BCUT2D eigenvalue weighted by molar-refractivity contribution is 0.0987. The molecule has 2 aromatic carbocycles. The Hall–Kier alpha value is -1.86. The van der Waals surface area contributed by atoms with Gasteiger partial charge in [-0.05, 0) is 33.6 Å². The summed E-state index contributed by atoms with van der Waals surface area (Å²) >= 11 is 3.32. The second kappa shape index (κ2) is 7.81. The van der Waals surface area contributed by atoms with Gasteiger partial charge < -0.3 is 4.74 Å². The second-order valence-corrected chi connectivity index (χ2v) is 7.77. The smallest absolute Gasteiger partial charge is 0.229 e. The van der Waals surface area contributed by atoms with E-state index in [0.29, 0.717) is 22.2 Å². The molecular formula is C17H18BrNO4S. The molecule has 0 unspecified atom stereocenters. The van der Waals surface area contributed by atoms with Crippen molar-refractivity contribution in [3.05, 3.63) is 58.1 Å². The van der Waals surface area contributed by atoms with Gasteiger partial charge in [0.2, 0.25) is 10.0 Å². The minimum atomic E-state index is -3.53. The molecule has 24 heavy (non-hydrogen) atoms. The summed E-state index contributed by atoms with van der Waals surface area (Å²) in [7, 11) is -3.53. The van der Waals surface area contributed by atoms with Crippen LogP contribution in [0.15, 0.2) is 46.9 Å². The molecule has 1 N–H and O–H groups in total. The Labute approximate surface area is 150 Å². The molecule has 0 spiro atoms. The van der Waals surface area contributed by atoms with Gasteiger partial charge in [-0.25, -0.2) is 8.42 Å². The van der Waals surface area contributed by atoms with Crippen molar-refractivity contribution in [2.75, 3.05) is 11.0 Å². The number of carbonyl (C=O) groups excluding carboxylic acids is 1. The quantitative estimate of drug-likeness (QED) is 0.698. The predicted molar refractivity (Wildman–Crippen MR) is 98.0 cm³/mol. The molecule has 0 bridgehead atoms. The number of ether oxygens (including phenoxy) is 1. The maximum Gasteiger partial charge on any atom is 0.229 e. The molecule has 0 radical (unpaired) electrons. The van der Waals surface area contributed by atoms with Crippen molar-refractivity contribution < 1.29 is 17.9 Å². The standard InChI is InChI=1S/C17H18BrNO4S/c1-3-14(20)13-9-10-15(17(16(13)18)19-24(2,21)22)23-11-12-7-5-4-6-8-12/h4-10,19H,3,11H2,1-2H3. The van der Waals surface area contributed by atoms with E-state index in [4.69, 9.17) is 4.74 Å². The van der Waals surface area contributed by atoms with Crippen molar-refractivity contribution in [2.24, 2.45) is 0 Å². The van der Waals surface area contributed by atoms with Gasteiger partial charge >= 0.3 is 0 Å². The minimum absolute atomic E-state index is 0.0898. The summed E-state index contributed by atoms with van der Waals surface area (Å²) in [6.07, 6.45) is 1.37. The fraction of sp³-hybridized carbons (Fsp3) is 0.235. The van der Waals surface area contributed by atoms with Crippen LogP contribution in [-0.4, -0.2) is 20.5 Å². The first-order valence-electron chi connectivity index (χ1n) is 7.32. The largest absolute Gasteiger partial charge is 0.487 e. The van der Waals surface area contributed by atoms with E-state index >= 15 is 0 Å². The maximum absolute atomic E-state index is 12.0. The Morgan fingerprint density at radius 1 is 1.17 bits per heavy atom. The molecule has 5 nitrogen and oxygen atoms in total. The van der Waals surface area contributed by atoms with E-state index in [2.05, 4.69) is 20.7 Å². The van der Waals surface area contributed by atoms with E-state index in [1.807, 2.05) is 30.3 Å². The molecule has 128 valence electrons. The van der Waals surface area contributed by atoms with Crippen LogP contribution < -0.4 is 9.46 Å². The number of ketones is 1. The van der Waals surface area contributed by atoms with Gasteiger partial charge in [0.05, 0.1) is 10.7 Å². The molecule has 2 rings (SSSR count). The number of carbonyl (C=O) groups is 1. The lowest BCUT2D eigenvalue weighted by atomic mass is 10.1. The highest BCUT2D eigenvalue weighted by Gasteiger charge is 2.19. The number of Topliss-reactive ketones (excluding diaryl/α,β-unsaturated/α-hetero) is 1. The molecule has 7 heteroatoms. The highest BCUT2D eigenvalue weighted by Crippen LogP contribution is 2.37. The van der Waals surface area contributed by atoms with Crippen molar-refractivity contribution in [3.8, 4) is 5.75 Å². The molecule has 0 heterocycles. The number of nitrogens with one attached hydrogen (secondary N) is 1. The van der Waals surface area contributed by atoms with Gasteiger partial charge in [-0.2, -0.15) is 0 Å². The van der Waals surface area contributed by atoms with Gasteiger partial charge in [0.15, 0.2) is 5.78 Å². The highest BCUT2D eigenvalue weighted by atomic mass is 79.9. The third-order valence-corrected chi connectivity index (χ3v) is 4.65. The second-order valence-electron chi connectivity index (χ2n) is 5.23. The van der Waals surface area contributed by atoms with Crippen LogP contribution in [0.2, 0.25) is 0 Å². The van der Waals surface area contributed by atoms with Gasteiger partial charge in [0, 0.05) is 12.0 Å². The summed E-state index contributed by atoms with van der Waals surface area (Å²) in [6.45, 7) is 2.03. The lowest BCUT2D eigenvalue weighted by Gasteiger charge is -2.16. The van der Waals surface area contributed by atoms with Gasteiger partial charge in [-0.1, -0.05) is 37.3 Å². The zero-order valence-corrected chi connectivity index (χ0v) is 15.8. The third-order valence-electron chi connectivity index (χ3n) is 3.25. The molecule has 0 aliphatic carbocycles. The molecule has 0 fully saturated rings. The van der Waals surface area contributed by atoms with Gasteiger partial charge in [0.1, 0.15) is 18.0 Å². The number of anilines is 1. The molecular weight excluding hydrogens is 394 g/mol. The molecule has 0 aromatic heterocycles. The average Bonchev–Trinajstić information content (AvgIpc) is 2.54. The third kappa shape index (κ3) is 4.82. The van der Waals surface area contributed by atoms with Crippen LogP contribution in [0.1, 0.15) is 29.3 Å². The van der Waals surface area contributed by atoms with Crippen LogP contribution in [0.5, 0.6) is 5.75 Å². The van der Waals surface area contributed by atoms with E-state index in [9.17, 15) is 13.2 Å². The molecule has 0 amide bonds. The summed E-state index contributed by atoms with van der Waals surface area (Å²) in [5, 5.41) is 0. The van der Waals surface area contributed by atoms with Crippen LogP contribution >= 0.6 is 15.9 Å². The Morgan fingerprint density at radius 2 is 1.83 bits per heavy atom. The van der Waals surface area contributed by atoms with E-state index in [1.165, 1.54) is 0 Å². The summed E-state index contributed by atoms with van der Waals surface area (Å²) in [4.78, 5) is 12.0. The Balaban J connectivity index is 2.38. The van der Waals surface area contributed by atoms with Crippen molar-refractivity contribution in [2.45, 2.75) is 20.0 Å². The average molecular weight is 412 g/mol. The van der Waals surface area contributed by atoms with E-state index < -0.39 is 10.0 Å². The Kier molecular flexibility index (Phi) is 6.01. The van der Waals surface area contributed by atoms with Crippen molar-refractivity contribution in [1.82, 2.24) is 0 Å². The monoisotopic (exact) mass is 411 g/mol. The van der Waals surface area contributed by atoms with Crippen molar-refractivity contribution >= 4 is 37.4 Å². The molecule has 0 saturated carbocycles. The van der Waals surface area contributed by atoms with Crippen LogP contribution in [0.25, 0.3) is 0 Å². The Bertz CT molecular complexity index is 835. The van der Waals surface area contributed by atoms with Gasteiger partial charge in [-0.3, -0.25) is 9.52 Å². The van der Waals surface area contributed by atoms with Crippen LogP contribution in [0, 0.1) is 0 Å². The minimum Gasteiger partial charge on any atom is -0.487 e. The number of benzene rings is 2. The van der Waals surface area contributed by atoms with Crippen molar-refractivity contribution in [1.29, 1.82) is 0 Å². The lowest BCUT2D eigenvalue weighted by Crippen LogP contribution is -2.13. The van der Waals surface area contributed by atoms with Crippen LogP contribution in [0.3, 0.4) is 0 Å². The summed E-state index contributed by atoms with van der Waals surface area (Å²) in [5.41, 5.74) is 1.59. The number of hydrogen-bond acceptors (Lipinski definition) is 4. The SMILES string of the molecule is CCC(=O)c1ccc(OCc2ccccc2)c(NS(C)(=O)=O)c1Br. The zero-order chi connectivity index (χ0) is 17.7. The number of sulfonamides is 1. The van der Waals surface area contributed by atoms with Crippen molar-refractivity contribution in [3.63, 3.8) is 0 Å². The highest BCUT2D eigenvalue weighted by molar-refractivity contribution is 9.10. The first kappa shape index (κ1) is 18.5. The fourth-order valence-electron chi connectivity index (χ4n) is 2.10. The number of hydrogen-bond donors (Lipinski definition) is 1. The number of halogens is 1. The van der Waals surface area contributed by atoms with E-state index in [1.54, 1.807) is 19.1 Å². The normalized spacial score (nSPS) is 11.1. The van der Waals surface area contributed by atoms with Crippen LogP contribution in [-0.2, 0) is 16.6 Å². The fourth-order valence-corrected chi connectivity index (χ4v) is 3.45. The zero-order valence-electron chi connectivity index (χ0n) is 13.4. The Morgan fingerprint density at radius 3 is 2.42 bits per heavy atom. The molecule has 0 aliphatic heterocycles. The first-order valence-corrected chi connectivity index (χ1v) is 10.0. The predicted octanol–water partition coefficient (Wildman–Crippen LogP) is 3.99. The van der Waals surface area contributed by atoms with E-state index in [0.717, 1.165) is 11.8 Å². The molecule has 0 aliphatic rings. The molecule has 0 saturated heterocycles. The maximum atomic E-state index is 12.0. The topological polar surface area (TPSA) is 72.5 Å². The summed E-state index contributed by atoms with van der Waals surface area (Å²) < 4.78 is 31.9. The van der Waals surface area contributed by atoms with Gasteiger partial charge in [0.25, 0.3) is 0 Å². The van der Waals surface area contributed by atoms with Gasteiger partial charge in [-0.15, -0.1) is 0 Å². The molecule has 2 aromatic rings. The van der Waals surface area contributed by atoms with Crippen LogP contribution in [0.4, 0.5) is 5.69 Å². The number of rotatable bonds is 7. The first-order chi connectivity index (χ1) is 11.3.